The summed E-state index contributed by atoms with van der Waals surface area (Å²) < 4.78 is 33.8. The summed E-state index contributed by atoms with van der Waals surface area (Å²) >= 11 is 6.27. The van der Waals surface area contributed by atoms with Gasteiger partial charge in [-0.05, 0) is 26.0 Å². The molecule has 0 saturated carbocycles. The number of para-hydroxylation sites is 1. The molecular formula is C20H24BClN3O9P. The van der Waals surface area contributed by atoms with Gasteiger partial charge in [0.2, 0.25) is 0 Å². The third-order valence-corrected chi connectivity index (χ3v) is 6.65. The van der Waals surface area contributed by atoms with Gasteiger partial charge in [0.25, 0.3) is 5.56 Å². The molecule has 3 rings (SSSR count). The molecule has 0 amide bonds. The summed E-state index contributed by atoms with van der Waals surface area (Å²) in [6.45, 7) is 2.26. The van der Waals surface area contributed by atoms with Crippen molar-refractivity contribution in [1.29, 1.82) is 0 Å². The molecule has 0 bridgehead atoms. The van der Waals surface area contributed by atoms with Crippen LogP contribution in [0.2, 0.25) is 0 Å². The summed E-state index contributed by atoms with van der Waals surface area (Å²) in [5.41, 5.74) is -1.52. The fourth-order valence-corrected chi connectivity index (χ4v) is 4.73. The van der Waals surface area contributed by atoms with E-state index in [4.69, 9.17) is 38.0 Å². The zero-order valence-electron chi connectivity index (χ0n) is 18.8. The quantitative estimate of drug-likeness (QED) is 0.173. The standard InChI is InChI=1S/C20H24BClN3O9P/c1-12(2)32-16(27)10-23-35(30,34-13-6-4-3-5-7-13)31-11-14-17(28)20(21,22)18(33-14)25-9-8-15(26)24-19(25)29/h3-9,12,14,17-18,28H,10-11H2,1-2H3,(H,23,30)(H,24,26,29)/t14-,17-,18-,20+,35?/m1/s1. The van der Waals surface area contributed by atoms with Gasteiger partial charge in [0, 0.05) is 12.3 Å². The Labute approximate surface area is 206 Å². The lowest BCUT2D eigenvalue weighted by Crippen LogP contribution is -2.45. The molecule has 1 aliphatic rings. The number of rotatable bonds is 10. The molecule has 1 aliphatic heterocycles. The number of carbonyl (C=O) groups is 1. The van der Waals surface area contributed by atoms with E-state index in [9.17, 15) is 24.1 Å². The zero-order valence-corrected chi connectivity index (χ0v) is 20.5. The molecule has 1 aromatic carbocycles. The Kier molecular flexibility index (Phi) is 8.63. The first-order chi connectivity index (χ1) is 16.4. The van der Waals surface area contributed by atoms with E-state index in [-0.39, 0.29) is 5.75 Å². The monoisotopic (exact) mass is 527 g/mol. The first kappa shape index (κ1) is 27.2. The number of esters is 1. The number of hydrogen-bond acceptors (Lipinski definition) is 9. The summed E-state index contributed by atoms with van der Waals surface area (Å²) in [7, 11) is 1.80. The maximum absolute atomic E-state index is 13.4. The Hall–Kier alpha value is -2.41. The molecule has 1 saturated heterocycles. The second kappa shape index (κ2) is 11.1. The van der Waals surface area contributed by atoms with Gasteiger partial charge in [-0.15, -0.1) is 11.6 Å². The Morgan fingerprint density at radius 2 is 2.03 bits per heavy atom. The number of nitrogens with one attached hydrogen (secondary N) is 2. The van der Waals surface area contributed by atoms with E-state index >= 15 is 0 Å². The summed E-state index contributed by atoms with van der Waals surface area (Å²) in [6.07, 6.45) is -3.55. The number of alkyl halides is 1. The fourth-order valence-electron chi connectivity index (χ4n) is 3.16. The Bertz CT molecular complexity index is 1190. The van der Waals surface area contributed by atoms with Crippen LogP contribution in [0.4, 0.5) is 0 Å². The number of aromatic amines is 1. The Morgan fingerprint density at radius 3 is 2.66 bits per heavy atom. The van der Waals surface area contributed by atoms with E-state index in [0.717, 1.165) is 16.8 Å². The highest BCUT2D eigenvalue weighted by molar-refractivity contribution is 7.52. The fraction of sp³-hybridized carbons (Fsp3) is 0.450. The maximum atomic E-state index is 13.4. The van der Waals surface area contributed by atoms with Crippen molar-refractivity contribution in [2.75, 3.05) is 13.2 Å². The van der Waals surface area contributed by atoms with Gasteiger partial charge < -0.3 is 19.1 Å². The predicted molar refractivity (Wildman–Crippen MR) is 125 cm³/mol. The van der Waals surface area contributed by atoms with Crippen LogP contribution in [0.1, 0.15) is 20.1 Å². The molecule has 12 nitrogen and oxygen atoms in total. The topological polar surface area (TPSA) is 158 Å². The van der Waals surface area contributed by atoms with Crippen molar-refractivity contribution in [2.45, 2.75) is 43.2 Å². The lowest BCUT2D eigenvalue weighted by molar-refractivity contribution is -0.146. The second-order valence-corrected chi connectivity index (χ2v) is 10.3. The van der Waals surface area contributed by atoms with Crippen LogP contribution >= 0.6 is 19.3 Å². The number of benzene rings is 1. The van der Waals surface area contributed by atoms with Crippen molar-refractivity contribution in [1.82, 2.24) is 14.6 Å². The molecule has 2 heterocycles. The first-order valence-electron chi connectivity index (χ1n) is 10.5. The van der Waals surface area contributed by atoms with Crippen molar-refractivity contribution in [3.8, 4) is 5.75 Å². The highest BCUT2D eigenvalue weighted by Gasteiger charge is 2.53. The van der Waals surface area contributed by atoms with Crippen LogP contribution in [0.15, 0.2) is 52.2 Å². The zero-order chi connectivity index (χ0) is 25.8. The van der Waals surface area contributed by atoms with Crippen LogP contribution in [0.25, 0.3) is 0 Å². The molecule has 2 aromatic rings. The normalized spacial score (nSPS) is 25.8. The minimum Gasteiger partial charge on any atom is -0.462 e. The van der Waals surface area contributed by atoms with E-state index in [0.29, 0.717) is 0 Å². The smallest absolute Gasteiger partial charge is 0.459 e. The molecule has 0 aliphatic carbocycles. The molecule has 35 heavy (non-hydrogen) atoms. The van der Waals surface area contributed by atoms with Crippen molar-refractivity contribution < 1.29 is 33.0 Å². The van der Waals surface area contributed by atoms with Crippen LogP contribution in [0, 0.1) is 0 Å². The van der Waals surface area contributed by atoms with Gasteiger partial charge in [-0.2, -0.15) is 0 Å². The van der Waals surface area contributed by atoms with Crippen LogP contribution in [0.3, 0.4) is 0 Å². The van der Waals surface area contributed by atoms with E-state index in [1.807, 2.05) is 4.98 Å². The molecule has 1 aromatic heterocycles. The predicted octanol–water partition coefficient (Wildman–Crippen LogP) is 0.643. The lowest BCUT2D eigenvalue weighted by Gasteiger charge is -2.27. The van der Waals surface area contributed by atoms with Crippen LogP contribution < -0.4 is 20.9 Å². The molecule has 188 valence electrons. The number of H-pyrrole nitrogens is 1. The largest absolute Gasteiger partial charge is 0.462 e. The van der Waals surface area contributed by atoms with Gasteiger partial charge in [-0.1, -0.05) is 18.2 Å². The third kappa shape index (κ3) is 6.84. The number of carbonyl (C=O) groups excluding carboxylic acids is 1. The third-order valence-electron chi connectivity index (χ3n) is 4.75. The maximum Gasteiger partial charge on any atom is 0.459 e. The SMILES string of the molecule is [B][C@]1(Cl)[C@H](O)[C@@H](COP(=O)(NCC(=O)OC(C)C)Oc2ccccc2)O[C@H]1n1ccc(=O)[nH]c1=O. The van der Waals surface area contributed by atoms with Crippen LogP contribution in [0.5, 0.6) is 5.75 Å². The molecule has 0 spiro atoms. The highest BCUT2D eigenvalue weighted by atomic mass is 35.5. The molecule has 3 N–H and O–H groups in total. The van der Waals surface area contributed by atoms with Crippen molar-refractivity contribution in [3.05, 3.63) is 63.4 Å². The number of ether oxygens (including phenoxy) is 2. The number of aromatic nitrogens is 2. The summed E-state index contributed by atoms with van der Waals surface area (Å²) in [6, 6.07) is 9.09. The number of hydrogen-bond donors (Lipinski definition) is 3. The minimum atomic E-state index is -4.21. The number of aliphatic hydroxyl groups excluding tert-OH is 1. The van der Waals surface area contributed by atoms with Gasteiger partial charge in [-0.25, -0.2) is 14.4 Å². The number of nitrogens with zero attached hydrogens (tertiary/aromatic N) is 1. The van der Waals surface area contributed by atoms with Crippen LogP contribution in [-0.4, -0.2) is 64.7 Å². The summed E-state index contributed by atoms with van der Waals surface area (Å²) in [5, 5.41) is 13.0. The van der Waals surface area contributed by atoms with E-state index < -0.39 is 67.4 Å². The van der Waals surface area contributed by atoms with Gasteiger partial charge in [0.15, 0.2) is 6.23 Å². The Balaban J connectivity index is 1.76. The van der Waals surface area contributed by atoms with E-state index in [2.05, 4.69) is 5.09 Å². The average Bonchev–Trinajstić information content (AvgIpc) is 3.00. The first-order valence-corrected chi connectivity index (χ1v) is 12.4. The minimum absolute atomic E-state index is 0.177. The second-order valence-electron chi connectivity index (χ2n) is 7.89. The lowest BCUT2D eigenvalue weighted by atomic mass is 9.79. The van der Waals surface area contributed by atoms with Crippen molar-refractivity contribution in [3.63, 3.8) is 0 Å². The molecule has 5 atom stereocenters. The van der Waals surface area contributed by atoms with Crippen LogP contribution in [-0.2, 0) is 23.4 Å². The molecule has 1 unspecified atom stereocenters. The highest BCUT2D eigenvalue weighted by Crippen LogP contribution is 2.46. The van der Waals surface area contributed by atoms with Crippen molar-refractivity contribution >= 4 is 33.2 Å². The number of aliphatic hydroxyl groups is 1. The molecule has 15 heteroatoms. The average molecular weight is 528 g/mol. The number of halogens is 1. The molecule has 1 fully saturated rings. The summed E-state index contributed by atoms with van der Waals surface area (Å²) in [4.78, 5) is 37.5. The van der Waals surface area contributed by atoms with E-state index in [1.165, 1.54) is 12.1 Å². The molecule has 2 radical (unpaired) electrons. The van der Waals surface area contributed by atoms with Crippen molar-refractivity contribution in [2.24, 2.45) is 0 Å². The van der Waals surface area contributed by atoms with E-state index in [1.54, 1.807) is 32.0 Å². The van der Waals surface area contributed by atoms with Gasteiger partial charge in [0.1, 0.15) is 26.2 Å². The van der Waals surface area contributed by atoms with Gasteiger partial charge >= 0.3 is 19.4 Å². The van der Waals surface area contributed by atoms with Gasteiger partial charge in [-0.3, -0.25) is 23.7 Å². The molecular weight excluding hydrogens is 503 g/mol. The summed E-state index contributed by atoms with van der Waals surface area (Å²) in [5.74, 6) is -0.520. The Morgan fingerprint density at radius 1 is 1.34 bits per heavy atom. The van der Waals surface area contributed by atoms with Gasteiger partial charge in [0.05, 0.1) is 23.6 Å².